The Kier molecular flexibility index (Phi) is 8.95. The first-order valence-electron chi connectivity index (χ1n) is 9.58. The first-order valence-corrected chi connectivity index (χ1v) is 10.6. The van der Waals surface area contributed by atoms with Gasteiger partial charge in [0.1, 0.15) is 5.82 Å². The van der Waals surface area contributed by atoms with Gasteiger partial charge in [0.15, 0.2) is 5.16 Å². The number of nitrogens with two attached hydrogens (primary N) is 1. The molecule has 0 radical (unpaired) electrons. The molecular weight excluding hydrogens is 374 g/mol. The molecule has 154 valence electrons. The first-order chi connectivity index (χ1) is 13.3. The van der Waals surface area contributed by atoms with Crippen LogP contribution in [0.5, 0.6) is 0 Å². The highest BCUT2D eigenvalue weighted by molar-refractivity contribution is 7.99. The number of carbonyl (C=O) groups excluding carboxylic acids is 1. The van der Waals surface area contributed by atoms with Gasteiger partial charge in [-0.1, -0.05) is 55.9 Å². The molecule has 0 fully saturated rings. The van der Waals surface area contributed by atoms with Gasteiger partial charge in [0.25, 0.3) is 0 Å². The third-order valence-corrected chi connectivity index (χ3v) is 5.27. The molecule has 0 saturated carbocycles. The fourth-order valence-corrected chi connectivity index (χ4v) is 3.82. The van der Waals surface area contributed by atoms with Gasteiger partial charge in [0, 0.05) is 38.2 Å². The number of aliphatic hydroxyl groups is 1. The number of hydrogen-bond acceptors (Lipinski definition) is 6. The van der Waals surface area contributed by atoms with Crippen molar-refractivity contribution in [2.75, 3.05) is 19.3 Å². The van der Waals surface area contributed by atoms with E-state index in [1.54, 1.807) is 0 Å². The summed E-state index contributed by atoms with van der Waals surface area (Å²) in [4.78, 5) is 13.2. The second-order valence-corrected chi connectivity index (χ2v) is 8.50. The zero-order valence-corrected chi connectivity index (χ0v) is 17.7. The molecule has 3 N–H and O–H groups in total. The van der Waals surface area contributed by atoms with Crippen LogP contribution in [0.4, 0.5) is 0 Å². The summed E-state index contributed by atoms with van der Waals surface area (Å²) < 4.78 is 2.04. The van der Waals surface area contributed by atoms with Gasteiger partial charge >= 0.3 is 0 Å². The van der Waals surface area contributed by atoms with E-state index in [2.05, 4.69) is 41.1 Å². The Morgan fingerprint density at radius 1 is 1.29 bits per heavy atom. The van der Waals surface area contributed by atoms with Gasteiger partial charge in [0.2, 0.25) is 5.91 Å². The number of primary amides is 1. The molecule has 0 spiro atoms. The van der Waals surface area contributed by atoms with Crippen LogP contribution in [0, 0.1) is 5.92 Å². The molecule has 1 aromatic heterocycles. The summed E-state index contributed by atoms with van der Waals surface area (Å²) in [6.45, 7) is 6.39. The van der Waals surface area contributed by atoms with E-state index in [1.165, 1.54) is 17.3 Å². The number of amides is 1. The van der Waals surface area contributed by atoms with E-state index in [9.17, 15) is 9.90 Å². The Morgan fingerprint density at radius 3 is 2.64 bits per heavy atom. The number of hydrogen-bond donors (Lipinski definition) is 2. The average Bonchev–Trinajstić information content (AvgIpc) is 3.00. The lowest BCUT2D eigenvalue weighted by Crippen LogP contribution is -2.30. The van der Waals surface area contributed by atoms with Crippen LogP contribution in [-0.4, -0.2) is 56.1 Å². The van der Waals surface area contributed by atoms with Crippen LogP contribution in [0.15, 0.2) is 35.5 Å². The molecule has 1 unspecified atom stereocenters. The van der Waals surface area contributed by atoms with Crippen molar-refractivity contribution < 1.29 is 9.90 Å². The maximum absolute atomic E-state index is 11.1. The lowest BCUT2D eigenvalue weighted by atomic mass is 10.2. The largest absolute Gasteiger partial charge is 0.391 e. The summed E-state index contributed by atoms with van der Waals surface area (Å²) in [5.74, 6) is 1.38. The van der Waals surface area contributed by atoms with Gasteiger partial charge in [-0.25, -0.2) is 0 Å². The van der Waals surface area contributed by atoms with E-state index in [0.29, 0.717) is 24.6 Å². The number of likely N-dealkylation sites (N-methyl/N-ethyl adjacent to an activating group) is 1. The minimum atomic E-state index is -0.475. The Labute approximate surface area is 171 Å². The van der Waals surface area contributed by atoms with Crippen molar-refractivity contribution in [1.29, 1.82) is 0 Å². The summed E-state index contributed by atoms with van der Waals surface area (Å²) in [7, 11) is 2.00. The highest BCUT2D eigenvalue weighted by Crippen LogP contribution is 2.20. The second-order valence-electron chi connectivity index (χ2n) is 7.52. The molecule has 2 rings (SSSR count). The average molecular weight is 406 g/mol. The van der Waals surface area contributed by atoms with Crippen LogP contribution < -0.4 is 5.73 Å². The van der Waals surface area contributed by atoms with E-state index in [1.807, 2.05) is 29.8 Å². The lowest BCUT2D eigenvalue weighted by molar-refractivity contribution is -0.118. The van der Waals surface area contributed by atoms with E-state index >= 15 is 0 Å². The van der Waals surface area contributed by atoms with Crippen LogP contribution in [0.2, 0.25) is 0 Å². The molecule has 0 aliphatic carbocycles. The topological polar surface area (TPSA) is 97.3 Å². The summed E-state index contributed by atoms with van der Waals surface area (Å²) >= 11 is 1.50. The van der Waals surface area contributed by atoms with Crippen LogP contribution in [0.25, 0.3) is 0 Å². The minimum absolute atomic E-state index is 0.258. The quantitative estimate of drug-likeness (QED) is 0.524. The number of nitrogens with zero attached hydrogens (tertiary/aromatic N) is 4. The maximum atomic E-state index is 11.1. The molecule has 8 heteroatoms. The molecule has 0 aliphatic heterocycles. The SMILES string of the molecule is CC(C)Cn1c(CCC(N)=O)nnc1SCC(O)CN(C)Cc1ccccc1. The monoisotopic (exact) mass is 405 g/mol. The molecule has 7 nitrogen and oxygen atoms in total. The molecule has 2 aromatic rings. The van der Waals surface area contributed by atoms with Gasteiger partial charge in [-0.05, 0) is 18.5 Å². The Balaban J connectivity index is 1.90. The molecule has 1 heterocycles. The number of aromatic nitrogens is 3. The van der Waals surface area contributed by atoms with Gasteiger partial charge in [-0.2, -0.15) is 0 Å². The summed E-state index contributed by atoms with van der Waals surface area (Å²) in [6.07, 6.45) is 0.267. The molecule has 28 heavy (non-hydrogen) atoms. The van der Waals surface area contributed by atoms with Gasteiger partial charge in [-0.3, -0.25) is 9.69 Å². The van der Waals surface area contributed by atoms with E-state index in [4.69, 9.17) is 5.73 Å². The van der Waals surface area contributed by atoms with E-state index in [0.717, 1.165) is 24.1 Å². The standard InChI is InChI=1S/C20H31N5O2S/c1-15(2)11-25-19(10-9-18(21)27)22-23-20(25)28-14-17(26)13-24(3)12-16-7-5-4-6-8-16/h4-8,15,17,26H,9-14H2,1-3H3,(H2,21,27). The van der Waals surface area contributed by atoms with Crippen molar-refractivity contribution in [3.05, 3.63) is 41.7 Å². The highest BCUT2D eigenvalue weighted by atomic mass is 32.2. The Hall–Kier alpha value is -1.90. The summed E-state index contributed by atoms with van der Waals surface area (Å²) in [5.41, 5.74) is 6.48. The fraction of sp³-hybridized carbons (Fsp3) is 0.550. The van der Waals surface area contributed by atoms with Crippen molar-refractivity contribution >= 4 is 17.7 Å². The first kappa shape index (κ1) is 22.4. The van der Waals surface area contributed by atoms with E-state index < -0.39 is 6.10 Å². The highest BCUT2D eigenvalue weighted by Gasteiger charge is 2.17. The molecular formula is C20H31N5O2S. The Bertz CT molecular complexity index is 735. The number of aryl methyl sites for hydroxylation is 1. The zero-order valence-electron chi connectivity index (χ0n) is 16.9. The van der Waals surface area contributed by atoms with Crippen molar-refractivity contribution in [2.24, 2.45) is 11.7 Å². The molecule has 0 saturated heterocycles. The molecule has 0 aliphatic rings. The number of benzene rings is 1. The van der Waals surface area contributed by atoms with E-state index in [-0.39, 0.29) is 12.3 Å². The minimum Gasteiger partial charge on any atom is -0.391 e. The van der Waals surface area contributed by atoms with Crippen molar-refractivity contribution in [3.63, 3.8) is 0 Å². The van der Waals surface area contributed by atoms with Gasteiger partial charge in [0.05, 0.1) is 6.10 Å². The molecule has 1 atom stereocenters. The second kappa shape index (κ2) is 11.2. The summed E-state index contributed by atoms with van der Waals surface area (Å²) in [5, 5.41) is 19.7. The predicted molar refractivity (Wildman–Crippen MR) is 112 cm³/mol. The number of carbonyl (C=O) groups is 1. The van der Waals surface area contributed by atoms with Crippen molar-refractivity contribution in [3.8, 4) is 0 Å². The third-order valence-electron chi connectivity index (χ3n) is 4.16. The Morgan fingerprint density at radius 2 is 2.00 bits per heavy atom. The van der Waals surface area contributed by atoms with Crippen LogP contribution in [0.1, 0.15) is 31.7 Å². The number of aliphatic hydroxyl groups excluding tert-OH is 1. The van der Waals surface area contributed by atoms with Crippen molar-refractivity contribution in [1.82, 2.24) is 19.7 Å². The molecule has 1 aromatic carbocycles. The number of thioether (sulfide) groups is 1. The maximum Gasteiger partial charge on any atom is 0.217 e. The predicted octanol–water partition coefficient (Wildman–Crippen LogP) is 1.94. The molecule has 1 amide bonds. The third kappa shape index (κ3) is 7.61. The lowest BCUT2D eigenvalue weighted by Gasteiger charge is -2.20. The smallest absolute Gasteiger partial charge is 0.217 e. The number of rotatable bonds is 12. The van der Waals surface area contributed by atoms with Gasteiger partial charge < -0.3 is 15.4 Å². The zero-order chi connectivity index (χ0) is 20.5. The van der Waals surface area contributed by atoms with Gasteiger partial charge in [-0.15, -0.1) is 10.2 Å². The van der Waals surface area contributed by atoms with Crippen LogP contribution in [-0.2, 0) is 24.3 Å². The van der Waals surface area contributed by atoms with Crippen LogP contribution in [0.3, 0.4) is 0 Å². The fourth-order valence-electron chi connectivity index (χ4n) is 2.94. The molecule has 0 bridgehead atoms. The van der Waals surface area contributed by atoms with Crippen molar-refractivity contribution in [2.45, 2.75) is 51.0 Å². The normalized spacial score (nSPS) is 12.6. The van der Waals surface area contributed by atoms with Crippen LogP contribution >= 0.6 is 11.8 Å². The summed E-state index contributed by atoms with van der Waals surface area (Å²) in [6, 6.07) is 10.2.